The van der Waals surface area contributed by atoms with Gasteiger partial charge in [-0.15, -0.1) is 0 Å². The first kappa shape index (κ1) is 29.7. The minimum atomic E-state index is -0.840. The lowest BCUT2D eigenvalue weighted by molar-refractivity contribution is -0.385. The molecule has 0 fully saturated rings. The van der Waals surface area contributed by atoms with Crippen molar-refractivity contribution >= 4 is 40.7 Å². The Morgan fingerprint density at radius 1 is 1.14 bits per heavy atom. The average molecular weight is 620 g/mol. The third kappa shape index (κ3) is 6.08. The lowest BCUT2D eigenvalue weighted by Crippen LogP contribution is -2.39. The molecular formula is C31H26ClN3O7S. The highest BCUT2D eigenvalue weighted by Crippen LogP contribution is 2.36. The Balaban J connectivity index is 1.64. The van der Waals surface area contributed by atoms with Gasteiger partial charge in [0.15, 0.2) is 16.3 Å². The summed E-state index contributed by atoms with van der Waals surface area (Å²) in [5, 5.41) is 12.6. The molecule has 0 saturated heterocycles. The molecule has 43 heavy (non-hydrogen) atoms. The summed E-state index contributed by atoms with van der Waals surface area (Å²) in [6, 6.07) is 18.1. The maximum Gasteiger partial charge on any atom is 0.338 e. The van der Waals surface area contributed by atoms with Gasteiger partial charge in [0, 0.05) is 5.02 Å². The molecule has 0 spiro atoms. The molecule has 1 aliphatic rings. The van der Waals surface area contributed by atoms with Gasteiger partial charge in [0.1, 0.15) is 6.61 Å². The van der Waals surface area contributed by atoms with Crippen LogP contribution in [-0.2, 0) is 16.1 Å². The van der Waals surface area contributed by atoms with Crippen LogP contribution in [-0.4, -0.2) is 29.2 Å². The van der Waals surface area contributed by atoms with Gasteiger partial charge in [-0.25, -0.2) is 9.79 Å². The fourth-order valence-corrected chi connectivity index (χ4v) is 5.90. The van der Waals surface area contributed by atoms with Gasteiger partial charge < -0.3 is 14.2 Å². The number of nitro groups is 1. The standard InChI is InChI=1S/C31H26ClN3O7S/c1-4-41-30(37)27-18(2)33-31-34(28(27)20-10-12-22(32)13-11-20)29(36)26(43-31)15-21-14-24(40-3)25(16-23(21)35(38)39)42-17-19-8-6-5-7-9-19/h5-16,28H,4,17H2,1-3H3. The number of esters is 1. The number of hydrogen-bond acceptors (Lipinski definition) is 9. The third-order valence-electron chi connectivity index (χ3n) is 6.74. The number of nitro benzene ring substituents is 1. The van der Waals surface area contributed by atoms with E-state index in [0.29, 0.717) is 21.1 Å². The van der Waals surface area contributed by atoms with Gasteiger partial charge in [0.2, 0.25) is 0 Å². The Bertz CT molecular complexity index is 1920. The van der Waals surface area contributed by atoms with Crippen LogP contribution in [0.5, 0.6) is 11.5 Å². The summed E-state index contributed by atoms with van der Waals surface area (Å²) in [4.78, 5) is 43.4. The Hall–Kier alpha value is -4.74. The molecule has 5 rings (SSSR count). The van der Waals surface area contributed by atoms with Crippen molar-refractivity contribution in [3.8, 4) is 11.5 Å². The van der Waals surface area contributed by atoms with Gasteiger partial charge in [-0.05, 0) is 49.2 Å². The van der Waals surface area contributed by atoms with Gasteiger partial charge in [-0.3, -0.25) is 19.5 Å². The molecule has 0 radical (unpaired) electrons. The van der Waals surface area contributed by atoms with Crippen LogP contribution in [0.4, 0.5) is 5.69 Å². The second-order valence-corrected chi connectivity index (χ2v) is 10.9. The van der Waals surface area contributed by atoms with Crippen LogP contribution in [0.15, 0.2) is 87.8 Å². The first-order valence-corrected chi connectivity index (χ1v) is 14.4. The largest absolute Gasteiger partial charge is 0.493 e. The van der Waals surface area contributed by atoms with E-state index in [2.05, 4.69) is 4.99 Å². The number of halogens is 1. The number of benzene rings is 3. The summed E-state index contributed by atoms with van der Waals surface area (Å²) in [7, 11) is 1.43. The van der Waals surface area contributed by atoms with Gasteiger partial charge in [-0.1, -0.05) is 65.4 Å². The number of thiazole rings is 1. The summed E-state index contributed by atoms with van der Waals surface area (Å²) in [6.45, 7) is 3.69. The predicted octanol–water partition coefficient (Wildman–Crippen LogP) is 4.95. The molecule has 4 aromatic rings. The lowest BCUT2D eigenvalue weighted by atomic mass is 9.96. The number of hydrogen-bond donors (Lipinski definition) is 0. The SMILES string of the molecule is CCOC(=O)C1=C(C)N=c2sc(=Cc3cc(OC)c(OCc4ccccc4)cc3[N+](=O)[O-])c(=O)n2C1c1ccc(Cl)cc1. The van der Waals surface area contributed by atoms with E-state index in [0.717, 1.165) is 16.9 Å². The molecule has 0 aliphatic carbocycles. The highest BCUT2D eigenvalue weighted by atomic mass is 35.5. The van der Waals surface area contributed by atoms with Crippen molar-refractivity contribution in [3.63, 3.8) is 0 Å². The Kier molecular flexibility index (Phi) is 8.74. The van der Waals surface area contributed by atoms with Crippen LogP contribution in [0, 0.1) is 10.1 Å². The van der Waals surface area contributed by atoms with Crippen molar-refractivity contribution < 1.29 is 23.9 Å². The van der Waals surface area contributed by atoms with Gasteiger partial charge in [-0.2, -0.15) is 0 Å². The van der Waals surface area contributed by atoms with Crippen LogP contribution < -0.4 is 24.4 Å². The number of ether oxygens (including phenoxy) is 3. The highest BCUT2D eigenvalue weighted by molar-refractivity contribution is 7.07. The molecule has 1 atom stereocenters. The summed E-state index contributed by atoms with van der Waals surface area (Å²) >= 11 is 7.17. The minimum absolute atomic E-state index is 0.142. The zero-order chi connectivity index (χ0) is 30.7. The van der Waals surface area contributed by atoms with Crippen molar-refractivity contribution in [2.24, 2.45) is 4.99 Å². The van der Waals surface area contributed by atoms with Gasteiger partial charge in [0.25, 0.3) is 11.2 Å². The minimum Gasteiger partial charge on any atom is -0.493 e. The molecule has 1 aliphatic heterocycles. The van der Waals surface area contributed by atoms with Gasteiger partial charge in [0.05, 0.1) is 52.1 Å². The summed E-state index contributed by atoms with van der Waals surface area (Å²) in [6.07, 6.45) is 1.42. The van der Waals surface area contributed by atoms with E-state index in [1.54, 1.807) is 38.1 Å². The number of carbonyl (C=O) groups is 1. The summed E-state index contributed by atoms with van der Waals surface area (Å²) < 4.78 is 18.2. The molecule has 0 saturated carbocycles. The molecule has 10 nitrogen and oxygen atoms in total. The summed E-state index contributed by atoms with van der Waals surface area (Å²) in [5.74, 6) is -0.140. The Morgan fingerprint density at radius 2 is 1.86 bits per heavy atom. The summed E-state index contributed by atoms with van der Waals surface area (Å²) in [5.41, 5.74) is 1.52. The molecule has 0 amide bonds. The molecule has 220 valence electrons. The number of nitrogens with zero attached hydrogens (tertiary/aromatic N) is 3. The number of carbonyl (C=O) groups excluding carboxylic acids is 1. The van der Waals surface area contributed by atoms with Crippen molar-refractivity contribution in [1.82, 2.24) is 4.57 Å². The van der Waals surface area contributed by atoms with Crippen molar-refractivity contribution in [2.45, 2.75) is 26.5 Å². The van der Waals surface area contributed by atoms with E-state index in [1.807, 2.05) is 30.3 Å². The number of aromatic nitrogens is 1. The van der Waals surface area contributed by atoms with Crippen LogP contribution >= 0.6 is 22.9 Å². The van der Waals surface area contributed by atoms with E-state index in [1.165, 1.54) is 29.9 Å². The average Bonchev–Trinajstić information content (AvgIpc) is 3.30. The molecule has 3 aromatic carbocycles. The number of methoxy groups -OCH3 is 1. The first-order chi connectivity index (χ1) is 20.7. The van der Waals surface area contributed by atoms with Crippen LogP contribution in [0.25, 0.3) is 6.08 Å². The second kappa shape index (κ2) is 12.6. The molecule has 12 heteroatoms. The zero-order valence-electron chi connectivity index (χ0n) is 23.4. The first-order valence-electron chi connectivity index (χ1n) is 13.2. The topological polar surface area (TPSA) is 122 Å². The third-order valence-corrected chi connectivity index (χ3v) is 7.97. The highest BCUT2D eigenvalue weighted by Gasteiger charge is 2.33. The Morgan fingerprint density at radius 3 is 2.51 bits per heavy atom. The van der Waals surface area contributed by atoms with Crippen LogP contribution in [0.3, 0.4) is 0 Å². The van der Waals surface area contributed by atoms with Crippen molar-refractivity contribution in [1.29, 1.82) is 0 Å². The van der Waals surface area contributed by atoms with E-state index >= 15 is 0 Å². The van der Waals surface area contributed by atoms with E-state index in [9.17, 15) is 19.7 Å². The lowest BCUT2D eigenvalue weighted by Gasteiger charge is -2.24. The van der Waals surface area contributed by atoms with Crippen molar-refractivity contribution in [3.05, 3.63) is 130 Å². The predicted molar refractivity (Wildman–Crippen MR) is 162 cm³/mol. The maximum atomic E-state index is 13.9. The van der Waals surface area contributed by atoms with Gasteiger partial charge >= 0.3 is 5.97 Å². The fourth-order valence-electron chi connectivity index (χ4n) is 4.74. The molecule has 1 unspecified atom stereocenters. The smallest absolute Gasteiger partial charge is 0.338 e. The second-order valence-electron chi connectivity index (χ2n) is 9.45. The van der Waals surface area contributed by atoms with E-state index in [-0.39, 0.29) is 46.1 Å². The maximum absolute atomic E-state index is 13.9. The fraction of sp³-hybridized carbons (Fsp3) is 0.194. The Labute approximate surface area is 254 Å². The number of allylic oxidation sites excluding steroid dienone is 1. The molecule has 0 bridgehead atoms. The quantitative estimate of drug-likeness (QED) is 0.148. The van der Waals surface area contributed by atoms with E-state index < -0.39 is 22.5 Å². The van der Waals surface area contributed by atoms with E-state index in [4.69, 9.17) is 25.8 Å². The molecule has 0 N–H and O–H groups in total. The molecule has 2 heterocycles. The van der Waals surface area contributed by atoms with Crippen molar-refractivity contribution in [2.75, 3.05) is 13.7 Å². The normalized spacial score (nSPS) is 14.6. The number of fused-ring (bicyclic) bond motifs is 1. The van der Waals surface area contributed by atoms with Crippen LogP contribution in [0.2, 0.25) is 5.02 Å². The monoisotopic (exact) mass is 619 g/mol. The number of rotatable bonds is 9. The molecular weight excluding hydrogens is 594 g/mol. The molecule has 1 aromatic heterocycles. The van der Waals surface area contributed by atoms with Crippen LogP contribution in [0.1, 0.15) is 36.6 Å². The zero-order valence-corrected chi connectivity index (χ0v) is 25.0.